The Hall–Kier alpha value is -3.34. The van der Waals surface area contributed by atoms with Crippen molar-refractivity contribution >= 4 is 10.8 Å². The summed E-state index contributed by atoms with van der Waals surface area (Å²) in [4.78, 5) is 0. The average Bonchev–Trinajstić information content (AvgIpc) is 3.16. The highest BCUT2D eigenvalue weighted by Gasteiger charge is 2.21. The maximum Gasteiger partial charge on any atom is 0.161 e. The van der Waals surface area contributed by atoms with E-state index in [9.17, 15) is 0 Å². The quantitative estimate of drug-likeness (QED) is 0.565. The minimum Gasteiger partial charge on any atom is -0.486 e. The number of rotatable bonds is 3. The molecule has 0 spiro atoms. The Balaban J connectivity index is 1.39. The van der Waals surface area contributed by atoms with Crippen LogP contribution in [-0.4, -0.2) is 27.7 Å². The van der Waals surface area contributed by atoms with Crippen LogP contribution in [0.2, 0.25) is 0 Å². The molecule has 2 heterocycles. The number of benzene rings is 3. The van der Waals surface area contributed by atoms with E-state index in [2.05, 4.69) is 34.6 Å². The van der Waals surface area contributed by atoms with Crippen molar-refractivity contribution in [1.82, 2.24) is 15.0 Å². The second-order valence-electron chi connectivity index (χ2n) is 6.35. The molecule has 5 rings (SSSR count). The van der Waals surface area contributed by atoms with E-state index in [0.29, 0.717) is 13.2 Å². The first kappa shape index (κ1) is 15.0. The van der Waals surface area contributed by atoms with Gasteiger partial charge in [-0.05, 0) is 22.9 Å². The third kappa shape index (κ3) is 2.67. The van der Waals surface area contributed by atoms with Crippen molar-refractivity contribution < 1.29 is 9.47 Å². The molecule has 3 aromatic carbocycles. The van der Waals surface area contributed by atoms with Crippen LogP contribution in [0.4, 0.5) is 0 Å². The molecule has 1 unspecified atom stereocenters. The molecular formula is C21H17N3O2. The van der Waals surface area contributed by atoms with Crippen molar-refractivity contribution in [3.63, 3.8) is 0 Å². The van der Waals surface area contributed by atoms with Crippen LogP contribution in [0.15, 0.2) is 72.9 Å². The van der Waals surface area contributed by atoms with E-state index in [0.717, 1.165) is 22.8 Å². The second-order valence-corrected chi connectivity index (χ2v) is 6.35. The van der Waals surface area contributed by atoms with Gasteiger partial charge in [0.25, 0.3) is 0 Å². The van der Waals surface area contributed by atoms with Gasteiger partial charge < -0.3 is 9.47 Å². The Morgan fingerprint density at radius 2 is 1.73 bits per heavy atom. The van der Waals surface area contributed by atoms with Crippen LogP contribution < -0.4 is 9.47 Å². The predicted molar refractivity (Wildman–Crippen MR) is 99.3 cm³/mol. The molecule has 26 heavy (non-hydrogen) atoms. The van der Waals surface area contributed by atoms with Gasteiger partial charge in [0.05, 0.1) is 12.7 Å². The molecule has 0 amide bonds. The summed E-state index contributed by atoms with van der Waals surface area (Å²) in [7, 11) is 0. The van der Waals surface area contributed by atoms with Crippen molar-refractivity contribution in [2.75, 3.05) is 6.61 Å². The third-order valence-corrected chi connectivity index (χ3v) is 4.56. The van der Waals surface area contributed by atoms with E-state index in [1.807, 2.05) is 53.3 Å². The summed E-state index contributed by atoms with van der Waals surface area (Å²) in [5.74, 6) is 1.57. The molecule has 0 saturated heterocycles. The average molecular weight is 343 g/mol. The van der Waals surface area contributed by atoms with E-state index < -0.39 is 0 Å². The molecule has 0 bridgehead atoms. The number of para-hydroxylation sites is 2. The van der Waals surface area contributed by atoms with Crippen molar-refractivity contribution in [2.45, 2.75) is 12.6 Å². The summed E-state index contributed by atoms with van der Waals surface area (Å²) in [5.41, 5.74) is 1.94. The highest BCUT2D eigenvalue weighted by molar-refractivity contribution is 5.95. The fraction of sp³-hybridized carbons (Fsp3) is 0.143. The lowest BCUT2D eigenvalue weighted by molar-refractivity contribution is 0.0755. The van der Waals surface area contributed by atoms with Crippen LogP contribution >= 0.6 is 0 Å². The van der Waals surface area contributed by atoms with E-state index >= 15 is 0 Å². The molecule has 0 fully saturated rings. The molecule has 0 N–H and O–H groups in total. The van der Waals surface area contributed by atoms with E-state index in [1.54, 1.807) is 0 Å². The van der Waals surface area contributed by atoms with E-state index in [-0.39, 0.29) is 6.10 Å². The lowest BCUT2D eigenvalue weighted by Gasteiger charge is -2.26. The smallest absolute Gasteiger partial charge is 0.161 e. The minimum absolute atomic E-state index is 0.0908. The Morgan fingerprint density at radius 1 is 0.923 bits per heavy atom. The van der Waals surface area contributed by atoms with Crippen molar-refractivity contribution in [3.8, 4) is 22.8 Å². The zero-order valence-electron chi connectivity index (χ0n) is 14.1. The number of aromatic nitrogens is 3. The number of fused-ring (bicyclic) bond motifs is 2. The van der Waals surface area contributed by atoms with E-state index in [1.165, 1.54) is 10.8 Å². The molecule has 4 aromatic rings. The Labute approximate surface area is 150 Å². The number of hydrogen-bond donors (Lipinski definition) is 0. The minimum atomic E-state index is -0.0908. The molecule has 5 heteroatoms. The Kier molecular flexibility index (Phi) is 3.56. The second kappa shape index (κ2) is 6.19. The van der Waals surface area contributed by atoms with Crippen LogP contribution in [0, 0.1) is 0 Å². The number of nitrogens with zero attached hydrogens (tertiary/aromatic N) is 3. The molecular weight excluding hydrogens is 326 g/mol. The van der Waals surface area contributed by atoms with Crippen molar-refractivity contribution in [3.05, 3.63) is 72.9 Å². The highest BCUT2D eigenvalue weighted by atomic mass is 16.6. The van der Waals surface area contributed by atoms with Gasteiger partial charge in [0.15, 0.2) is 17.6 Å². The zero-order valence-corrected chi connectivity index (χ0v) is 14.1. The summed E-state index contributed by atoms with van der Waals surface area (Å²) >= 11 is 0. The normalized spacial score (nSPS) is 15.9. The van der Waals surface area contributed by atoms with Gasteiger partial charge in [0, 0.05) is 5.56 Å². The maximum atomic E-state index is 6.01. The summed E-state index contributed by atoms with van der Waals surface area (Å²) < 4.78 is 13.6. The summed E-state index contributed by atoms with van der Waals surface area (Å²) in [6.45, 7) is 1.09. The van der Waals surface area contributed by atoms with Crippen LogP contribution in [0.3, 0.4) is 0 Å². The molecule has 0 radical (unpaired) electrons. The first-order valence-corrected chi connectivity index (χ1v) is 8.63. The first-order valence-electron chi connectivity index (χ1n) is 8.63. The van der Waals surface area contributed by atoms with Crippen molar-refractivity contribution in [2.24, 2.45) is 0 Å². The first-order chi connectivity index (χ1) is 12.9. The summed E-state index contributed by atoms with van der Waals surface area (Å²) in [6, 6.07) is 22.3. The van der Waals surface area contributed by atoms with Gasteiger partial charge in [-0.25, -0.2) is 4.68 Å². The number of ether oxygens (including phenoxy) is 2. The zero-order chi connectivity index (χ0) is 17.3. The standard InChI is InChI=1S/C21H17N3O2/c1-2-8-17-15(6-1)7-5-9-18(17)19-13-24(23-22-19)12-16-14-25-20-10-3-4-11-21(20)26-16/h1-11,13,16H,12,14H2. The molecule has 0 aliphatic carbocycles. The van der Waals surface area contributed by atoms with Crippen LogP contribution in [0.5, 0.6) is 11.5 Å². The molecule has 5 nitrogen and oxygen atoms in total. The Morgan fingerprint density at radius 3 is 2.69 bits per heavy atom. The van der Waals surface area contributed by atoms with E-state index in [4.69, 9.17) is 9.47 Å². The van der Waals surface area contributed by atoms with Gasteiger partial charge in [0.1, 0.15) is 12.3 Å². The number of hydrogen-bond acceptors (Lipinski definition) is 4. The van der Waals surface area contributed by atoms with Gasteiger partial charge in [-0.15, -0.1) is 5.10 Å². The molecule has 0 saturated carbocycles. The highest BCUT2D eigenvalue weighted by Crippen LogP contribution is 2.31. The molecule has 1 aromatic heterocycles. The fourth-order valence-corrected chi connectivity index (χ4v) is 3.32. The van der Waals surface area contributed by atoms with Gasteiger partial charge in [-0.3, -0.25) is 0 Å². The summed E-state index contributed by atoms with van der Waals surface area (Å²) in [5, 5.41) is 11.0. The van der Waals surface area contributed by atoms with Gasteiger partial charge in [-0.2, -0.15) is 0 Å². The third-order valence-electron chi connectivity index (χ3n) is 4.56. The van der Waals surface area contributed by atoms with Gasteiger partial charge in [0.2, 0.25) is 0 Å². The SMILES string of the molecule is c1ccc2c(c1)OCC(Cn1cc(-c3cccc4ccccc34)nn1)O2. The van der Waals surface area contributed by atoms with Gasteiger partial charge in [-0.1, -0.05) is 59.8 Å². The molecule has 1 aliphatic heterocycles. The lowest BCUT2D eigenvalue weighted by Crippen LogP contribution is -2.33. The topological polar surface area (TPSA) is 49.2 Å². The van der Waals surface area contributed by atoms with Gasteiger partial charge >= 0.3 is 0 Å². The Bertz CT molecular complexity index is 1070. The van der Waals surface area contributed by atoms with Crippen LogP contribution in [0.25, 0.3) is 22.0 Å². The van der Waals surface area contributed by atoms with Crippen LogP contribution in [0.1, 0.15) is 0 Å². The maximum absolute atomic E-state index is 6.01. The summed E-state index contributed by atoms with van der Waals surface area (Å²) in [6.07, 6.45) is 1.87. The monoisotopic (exact) mass is 343 g/mol. The van der Waals surface area contributed by atoms with Crippen LogP contribution in [-0.2, 0) is 6.54 Å². The molecule has 1 atom stereocenters. The fourth-order valence-electron chi connectivity index (χ4n) is 3.32. The van der Waals surface area contributed by atoms with Crippen molar-refractivity contribution in [1.29, 1.82) is 0 Å². The molecule has 1 aliphatic rings. The lowest BCUT2D eigenvalue weighted by atomic mass is 10.0. The largest absolute Gasteiger partial charge is 0.486 e. The molecule has 128 valence electrons. The predicted octanol–water partition coefficient (Wildman–Crippen LogP) is 3.94.